The van der Waals surface area contributed by atoms with Crippen molar-refractivity contribution in [2.75, 3.05) is 0 Å². The van der Waals surface area contributed by atoms with Crippen LogP contribution in [-0.4, -0.2) is 10.7 Å². The zero-order valence-electron chi connectivity index (χ0n) is 37.5. The Kier molecular flexibility index (Phi) is 22.2. The predicted octanol–water partition coefficient (Wildman–Crippen LogP) is 17.0. The molecule has 1 aliphatic heterocycles. The highest BCUT2D eigenvalue weighted by Crippen LogP contribution is 2.40. The number of rotatable bonds is 24. The molecule has 0 fully saturated rings. The first-order valence-corrected chi connectivity index (χ1v) is 21.5. The normalized spacial score (nSPS) is 17.4. The summed E-state index contributed by atoms with van der Waals surface area (Å²) >= 11 is 0. The molecule has 55 heavy (non-hydrogen) atoms. The Labute approximate surface area is 339 Å². The van der Waals surface area contributed by atoms with Gasteiger partial charge in [-0.05, 0) is 209 Å². The molecule has 1 N–H and O–H groups in total. The second-order valence-electron chi connectivity index (χ2n) is 17.3. The van der Waals surface area contributed by atoms with Gasteiger partial charge in [0.05, 0.1) is 0 Å². The molecule has 0 saturated carbocycles. The van der Waals surface area contributed by atoms with E-state index in [9.17, 15) is 5.11 Å². The molecule has 2 nitrogen and oxygen atoms in total. The minimum Gasteiger partial charge on any atom is -0.508 e. The minimum absolute atomic E-state index is 0.327. The molecule has 1 atom stereocenters. The van der Waals surface area contributed by atoms with Crippen molar-refractivity contribution < 1.29 is 9.84 Å². The molecule has 2 rings (SSSR count). The third-order valence-electron chi connectivity index (χ3n) is 11.2. The van der Waals surface area contributed by atoms with Gasteiger partial charge in [0.1, 0.15) is 17.1 Å². The Morgan fingerprint density at radius 1 is 0.509 bits per heavy atom. The third kappa shape index (κ3) is 20.3. The number of ether oxygens (including phenoxy) is 1. The number of benzene rings is 1. The predicted molar refractivity (Wildman–Crippen MR) is 245 cm³/mol. The summed E-state index contributed by atoms with van der Waals surface area (Å²) in [6.07, 6.45) is 41.7. The second kappa shape index (κ2) is 25.6. The van der Waals surface area contributed by atoms with Gasteiger partial charge in [0.15, 0.2) is 0 Å². The molecule has 0 saturated heterocycles. The van der Waals surface area contributed by atoms with E-state index in [2.05, 4.69) is 130 Å². The average Bonchev–Trinajstić information content (AvgIpc) is 3.11. The van der Waals surface area contributed by atoms with E-state index in [1.807, 2.05) is 19.9 Å². The molecule has 0 radical (unpaired) electrons. The number of phenols is 1. The average molecular weight is 749 g/mol. The van der Waals surface area contributed by atoms with Crippen LogP contribution in [0, 0.1) is 13.8 Å². The highest BCUT2D eigenvalue weighted by molar-refractivity contribution is 5.67. The first kappa shape index (κ1) is 47.6. The Hall–Kier alpha value is -3.52. The van der Waals surface area contributed by atoms with Gasteiger partial charge in [0, 0.05) is 5.56 Å². The van der Waals surface area contributed by atoms with E-state index in [1.165, 1.54) is 76.7 Å². The van der Waals surface area contributed by atoms with Crippen LogP contribution in [-0.2, 0) is 0 Å². The molecule has 1 aliphatic rings. The van der Waals surface area contributed by atoms with Crippen LogP contribution in [0.25, 0.3) is 6.08 Å². The maximum atomic E-state index is 10.2. The SMILES string of the molecule is CC(C)=CCCC(C)=CCCC(C)=CCCC(C)=CCCC(C)=CCCC(C)=CCCC(C)=CCCC(C)=CCCC1(C)C=Cc2cc(O)c(C)c(C)c2O1. The van der Waals surface area contributed by atoms with Crippen LogP contribution < -0.4 is 4.74 Å². The molecule has 2 heteroatoms. The molecule has 0 spiro atoms. The number of allylic oxidation sites excluding steroid dienone is 16. The minimum atomic E-state index is -0.327. The molecule has 1 aromatic carbocycles. The van der Waals surface area contributed by atoms with Crippen LogP contribution in [0.2, 0.25) is 0 Å². The summed E-state index contributed by atoms with van der Waals surface area (Å²) in [7, 11) is 0. The van der Waals surface area contributed by atoms with Gasteiger partial charge in [0.25, 0.3) is 0 Å². The molecular formula is C53H80O2. The van der Waals surface area contributed by atoms with E-state index < -0.39 is 0 Å². The van der Waals surface area contributed by atoms with Gasteiger partial charge in [-0.1, -0.05) is 99.3 Å². The van der Waals surface area contributed by atoms with Crippen LogP contribution in [0.1, 0.15) is 189 Å². The van der Waals surface area contributed by atoms with E-state index in [4.69, 9.17) is 4.74 Å². The van der Waals surface area contributed by atoms with Crippen LogP contribution in [0.15, 0.2) is 105 Å². The van der Waals surface area contributed by atoms with E-state index in [1.54, 1.807) is 0 Å². The lowest BCUT2D eigenvalue weighted by Gasteiger charge is -2.33. The van der Waals surface area contributed by atoms with Crippen molar-refractivity contribution in [3.63, 3.8) is 0 Å². The summed E-state index contributed by atoms with van der Waals surface area (Å²) in [6.45, 7) is 26.5. The van der Waals surface area contributed by atoms with Crippen molar-refractivity contribution in [2.45, 2.75) is 191 Å². The van der Waals surface area contributed by atoms with E-state index in [0.29, 0.717) is 5.75 Å². The zero-order chi connectivity index (χ0) is 40.8. The molecule has 0 amide bonds. The lowest BCUT2D eigenvalue weighted by Crippen LogP contribution is -2.32. The summed E-state index contributed by atoms with van der Waals surface area (Å²) in [5.41, 5.74) is 14.5. The van der Waals surface area contributed by atoms with Crippen molar-refractivity contribution in [2.24, 2.45) is 0 Å². The van der Waals surface area contributed by atoms with E-state index >= 15 is 0 Å². The topological polar surface area (TPSA) is 29.5 Å². The number of hydrogen-bond acceptors (Lipinski definition) is 2. The fraction of sp³-hybridized carbons (Fsp3) is 0.547. The Bertz CT molecular complexity index is 1640. The van der Waals surface area contributed by atoms with E-state index in [0.717, 1.165) is 93.1 Å². The second-order valence-corrected chi connectivity index (χ2v) is 17.3. The maximum absolute atomic E-state index is 10.2. The molecule has 1 unspecified atom stereocenters. The van der Waals surface area contributed by atoms with Crippen LogP contribution in [0.5, 0.6) is 11.5 Å². The Balaban J connectivity index is 1.60. The molecule has 0 bridgehead atoms. The standard InChI is InChI=1S/C53H80O2/c1-40(2)21-13-22-41(3)23-14-24-42(4)25-15-26-43(5)27-16-28-44(6)29-17-30-45(7)31-18-32-46(8)33-19-34-47(9)35-20-37-53(12)38-36-50-39-51(54)48(10)49(11)52(50)55-53/h21,23,25,27,29,31,33,35-36,38-39,54H,13-20,22,24,26,28,30,32,34,37H2,1-12H3. The molecule has 0 aromatic heterocycles. The highest BCUT2D eigenvalue weighted by Gasteiger charge is 2.28. The third-order valence-corrected chi connectivity index (χ3v) is 11.2. The van der Waals surface area contributed by atoms with Crippen molar-refractivity contribution in [3.05, 3.63) is 122 Å². The summed E-state index contributed by atoms with van der Waals surface area (Å²) in [6, 6.07) is 1.81. The van der Waals surface area contributed by atoms with Crippen LogP contribution in [0.3, 0.4) is 0 Å². The maximum Gasteiger partial charge on any atom is 0.131 e. The van der Waals surface area contributed by atoms with Gasteiger partial charge in [-0.2, -0.15) is 0 Å². The number of fused-ring (bicyclic) bond motifs is 1. The van der Waals surface area contributed by atoms with Crippen LogP contribution >= 0.6 is 0 Å². The quantitative estimate of drug-likeness (QED) is 0.107. The molecule has 1 aromatic rings. The van der Waals surface area contributed by atoms with Gasteiger partial charge in [-0.3, -0.25) is 0 Å². The van der Waals surface area contributed by atoms with Gasteiger partial charge in [-0.25, -0.2) is 0 Å². The molecule has 0 aliphatic carbocycles. The summed E-state index contributed by atoms with van der Waals surface area (Å²) in [5, 5.41) is 10.2. The highest BCUT2D eigenvalue weighted by atomic mass is 16.5. The monoisotopic (exact) mass is 749 g/mol. The summed E-state index contributed by atoms with van der Waals surface area (Å²) in [4.78, 5) is 0. The van der Waals surface area contributed by atoms with Gasteiger partial charge < -0.3 is 9.84 Å². The largest absolute Gasteiger partial charge is 0.508 e. The number of aromatic hydroxyl groups is 1. The van der Waals surface area contributed by atoms with Crippen molar-refractivity contribution in [3.8, 4) is 11.5 Å². The first-order valence-electron chi connectivity index (χ1n) is 21.5. The van der Waals surface area contributed by atoms with Crippen LogP contribution in [0.4, 0.5) is 0 Å². The summed E-state index contributed by atoms with van der Waals surface area (Å²) in [5.74, 6) is 1.24. The lowest BCUT2D eigenvalue weighted by atomic mass is 9.92. The number of phenolic OH excluding ortho intramolecular Hbond substituents is 1. The fourth-order valence-corrected chi connectivity index (χ4v) is 7.01. The van der Waals surface area contributed by atoms with Crippen molar-refractivity contribution >= 4 is 6.08 Å². The van der Waals surface area contributed by atoms with Gasteiger partial charge in [-0.15, -0.1) is 0 Å². The Morgan fingerprint density at radius 3 is 1.18 bits per heavy atom. The van der Waals surface area contributed by atoms with Gasteiger partial charge in [0.2, 0.25) is 0 Å². The van der Waals surface area contributed by atoms with Gasteiger partial charge >= 0.3 is 0 Å². The number of hydrogen-bond donors (Lipinski definition) is 1. The van der Waals surface area contributed by atoms with Crippen molar-refractivity contribution in [1.82, 2.24) is 0 Å². The zero-order valence-corrected chi connectivity index (χ0v) is 37.5. The summed E-state index contributed by atoms with van der Waals surface area (Å²) < 4.78 is 6.47. The van der Waals surface area contributed by atoms with Crippen molar-refractivity contribution in [1.29, 1.82) is 0 Å². The van der Waals surface area contributed by atoms with E-state index in [-0.39, 0.29) is 5.60 Å². The Morgan fingerprint density at radius 2 is 0.836 bits per heavy atom. The first-order chi connectivity index (χ1) is 26.1. The molecule has 1 heterocycles. The fourth-order valence-electron chi connectivity index (χ4n) is 7.01. The smallest absolute Gasteiger partial charge is 0.131 e. The lowest BCUT2D eigenvalue weighted by molar-refractivity contribution is 0.127. The molecule has 304 valence electrons. The molecular weight excluding hydrogens is 669 g/mol.